The maximum Gasteiger partial charge on any atom is 0.175 e. The van der Waals surface area contributed by atoms with Crippen LogP contribution in [0.1, 0.15) is 18.9 Å². The topological polar surface area (TPSA) is 57.2 Å². The van der Waals surface area contributed by atoms with Crippen LogP contribution in [0.4, 0.5) is 0 Å². The first-order valence-corrected chi connectivity index (χ1v) is 7.77. The summed E-state index contributed by atoms with van der Waals surface area (Å²) < 4.78 is 22.4. The van der Waals surface area contributed by atoms with Crippen LogP contribution in [0.3, 0.4) is 0 Å². The lowest BCUT2D eigenvalue weighted by Crippen LogP contribution is -2.10. The van der Waals surface area contributed by atoms with Crippen LogP contribution < -0.4 is 9.47 Å². The average Bonchev–Trinajstić information content (AvgIpc) is 2.48. The summed E-state index contributed by atoms with van der Waals surface area (Å²) >= 11 is 3.44. The smallest absolute Gasteiger partial charge is 0.175 e. The van der Waals surface area contributed by atoms with Crippen molar-refractivity contribution in [3.05, 3.63) is 22.2 Å². The highest BCUT2D eigenvalue weighted by Crippen LogP contribution is 2.36. The lowest BCUT2D eigenvalue weighted by atomic mass is 10.2. The minimum absolute atomic E-state index is 0.0401. The Kier molecular flexibility index (Phi) is 9.41. The lowest BCUT2D eigenvalue weighted by molar-refractivity contribution is 0.0796. The molecule has 0 spiro atoms. The third-order valence-electron chi connectivity index (χ3n) is 2.66. The van der Waals surface area contributed by atoms with Crippen molar-refractivity contribution in [3.8, 4) is 11.5 Å². The Hall–Kier alpha value is -0.820. The molecule has 0 radical (unpaired) electrons. The van der Waals surface area contributed by atoms with Gasteiger partial charge in [0.25, 0.3) is 0 Å². The van der Waals surface area contributed by atoms with Crippen molar-refractivity contribution in [3.63, 3.8) is 0 Å². The standard InChI is InChI=1S/C15H23BrO5/c1-3-20-14-10-12(11-17)9-13(16)15(14)21-8-7-19-6-4-5-18-2/h9-10,17H,3-8,11H2,1-2H3. The lowest BCUT2D eigenvalue weighted by Gasteiger charge is -2.15. The van der Waals surface area contributed by atoms with Gasteiger partial charge in [-0.15, -0.1) is 0 Å². The van der Waals surface area contributed by atoms with Crippen molar-refractivity contribution in [1.29, 1.82) is 0 Å². The Morgan fingerprint density at radius 1 is 1.10 bits per heavy atom. The Labute approximate surface area is 134 Å². The van der Waals surface area contributed by atoms with E-state index in [1.54, 1.807) is 13.2 Å². The van der Waals surface area contributed by atoms with E-state index < -0.39 is 0 Å². The molecule has 1 aromatic rings. The van der Waals surface area contributed by atoms with Crippen molar-refractivity contribution in [2.75, 3.05) is 40.1 Å². The monoisotopic (exact) mass is 362 g/mol. The van der Waals surface area contributed by atoms with Gasteiger partial charge in [0.15, 0.2) is 11.5 Å². The molecule has 0 aliphatic carbocycles. The molecule has 0 aromatic heterocycles. The van der Waals surface area contributed by atoms with Crippen LogP contribution in [0.5, 0.6) is 11.5 Å². The summed E-state index contributed by atoms with van der Waals surface area (Å²) in [7, 11) is 1.67. The minimum Gasteiger partial charge on any atom is -0.490 e. The molecule has 5 nitrogen and oxygen atoms in total. The number of hydrogen-bond donors (Lipinski definition) is 1. The van der Waals surface area contributed by atoms with Crippen molar-refractivity contribution in [2.45, 2.75) is 20.0 Å². The summed E-state index contributed by atoms with van der Waals surface area (Å²) in [5.74, 6) is 1.25. The van der Waals surface area contributed by atoms with Crippen LogP contribution in [0.25, 0.3) is 0 Å². The Morgan fingerprint density at radius 2 is 1.90 bits per heavy atom. The van der Waals surface area contributed by atoms with E-state index >= 15 is 0 Å². The van der Waals surface area contributed by atoms with Crippen LogP contribution in [0.15, 0.2) is 16.6 Å². The maximum atomic E-state index is 9.22. The second-order valence-corrected chi connectivity index (χ2v) is 5.16. The van der Waals surface area contributed by atoms with Gasteiger partial charge in [-0.05, 0) is 47.0 Å². The molecule has 21 heavy (non-hydrogen) atoms. The first-order chi connectivity index (χ1) is 10.2. The van der Waals surface area contributed by atoms with Gasteiger partial charge in [0.2, 0.25) is 0 Å². The summed E-state index contributed by atoms with van der Waals surface area (Å²) in [6.07, 6.45) is 0.871. The van der Waals surface area contributed by atoms with E-state index in [1.807, 2.05) is 13.0 Å². The molecule has 6 heteroatoms. The van der Waals surface area contributed by atoms with Gasteiger partial charge in [0, 0.05) is 20.3 Å². The zero-order valence-corrected chi connectivity index (χ0v) is 14.1. The van der Waals surface area contributed by atoms with E-state index in [-0.39, 0.29) is 6.61 Å². The maximum absolute atomic E-state index is 9.22. The molecule has 0 atom stereocenters. The minimum atomic E-state index is -0.0401. The van der Waals surface area contributed by atoms with Gasteiger partial charge in [0.05, 0.1) is 24.3 Å². The van der Waals surface area contributed by atoms with Crippen LogP contribution in [0.2, 0.25) is 0 Å². The van der Waals surface area contributed by atoms with Crippen LogP contribution in [0, 0.1) is 0 Å². The predicted molar refractivity (Wildman–Crippen MR) is 84.0 cm³/mol. The van der Waals surface area contributed by atoms with Crippen LogP contribution in [-0.2, 0) is 16.1 Å². The molecule has 0 unspecified atom stereocenters. The van der Waals surface area contributed by atoms with Crippen LogP contribution in [-0.4, -0.2) is 45.3 Å². The SMILES string of the molecule is CCOc1cc(CO)cc(Br)c1OCCOCCCOC. The first kappa shape index (κ1) is 18.2. The van der Waals surface area contributed by atoms with Crippen molar-refractivity contribution >= 4 is 15.9 Å². The fourth-order valence-electron chi connectivity index (χ4n) is 1.73. The van der Waals surface area contributed by atoms with Gasteiger partial charge in [-0.1, -0.05) is 0 Å². The van der Waals surface area contributed by atoms with Gasteiger partial charge in [0.1, 0.15) is 6.61 Å². The molecule has 120 valence electrons. The zero-order valence-electron chi connectivity index (χ0n) is 12.6. The fraction of sp³-hybridized carbons (Fsp3) is 0.600. The van der Waals surface area contributed by atoms with Gasteiger partial charge in [-0.25, -0.2) is 0 Å². The Morgan fingerprint density at radius 3 is 2.57 bits per heavy atom. The van der Waals surface area contributed by atoms with E-state index in [0.717, 1.165) is 16.5 Å². The molecular formula is C15H23BrO5. The third-order valence-corrected chi connectivity index (χ3v) is 3.25. The summed E-state index contributed by atoms with van der Waals surface area (Å²) in [6, 6.07) is 3.60. The number of aliphatic hydroxyl groups is 1. The average molecular weight is 363 g/mol. The Balaban J connectivity index is 2.49. The number of halogens is 1. The molecule has 0 saturated carbocycles. The molecule has 1 aromatic carbocycles. The number of ether oxygens (including phenoxy) is 4. The molecule has 0 heterocycles. The fourth-order valence-corrected chi connectivity index (χ4v) is 2.33. The second-order valence-electron chi connectivity index (χ2n) is 4.30. The van der Waals surface area contributed by atoms with Gasteiger partial charge >= 0.3 is 0 Å². The van der Waals surface area contributed by atoms with Crippen molar-refractivity contribution in [2.24, 2.45) is 0 Å². The number of methoxy groups -OCH3 is 1. The highest BCUT2D eigenvalue weighted by Gasteiger charge is 2.12. The quantitative estimate of drug-likeness (QED) is 0.613. The van der Waals surface area contributed by atoms with Crippen molar-refractivity contribution in [1.82, 2.24) is 0 Å². The number of aliphatic hydroxyl groups excluding tert-OH is 1. The molecule has 0 saturated heterocycles. The summed E-state index contributed by atoms with van der Waals surface area (Å²) in [5, 5.41) is 9.22. The molecule has 0 fully saturated rings. The zero-order chi connectivity index (χ0) is 15.5. The highest BCUT2D eigenvalue weighted by atomic mass is 79.9. The van der Waals surface area contributed by atoms with Gasteiger partial charge in [-0.2, -0.15) is 0 Å². The van der Waals surface area contributed by atoms with Crippen LogP contribution >= 0.6 is 15.9 Å². The largest absolute Gasteiger partial charge is 0.490 e. The molecule has 0 aliphatic rings. The van der Waals surface area contributed by atoms with E-state index in [4.69, 9.17) is 18.9 Å². The molecule has 0 amide bonds. The predicted octanol–water partition coefficient (Wildman–Crippen LogP) is 2.77. The molecule has 0 aliphatic heterocycles. The Bertz CT molecular complexity index is 411. The highest BCUT2D eigenvalue weighted by molar-refractivity contribution is 9.10. The van der Waals surface area contributed by atoms with E-state index in [0.29, 0.717) is 44.5 Å². The van der Waals surface area contributed by atoms with Gasteiger partial charge in [-0.3, -0.25) is 0 Å². The summed E-state index contributed by atoms with van der Waals surface area (Å²) in [5.41, 5.74) is 0.772. The van der Waals surface area contributed by atoms with E-state index in [1.165, 1.54) is 0 Å². The summed E-state index contributed by atoms with van der Waals surface area (Å²) in [4.78, 5) is 0. The van der Waals surface area contributed by atoms with E-state index in [9.17, 15) is 5.11 Å². The molecule has 1 N–H and O–H groups in total. The molecule has 0 bridgehead atoms. The molecular weight excluding hydrogens is 340 g/mol. The number of rotatable bonds is 11. The number of benzene rings is 1. The molecule has 1 rings (SSSR count). The first-order valence-electron chi connectivity index (χ1n) is 6.98. The van der Waals surface area contributed by atoms with Crippen molar-refractivity contribution < 1.29 is 24.1 Å². The summed E-state index contributed by atoms with van der Waals surface area (Å²) in [6.45, 7) is 4.69. The number of hydrogen-bond acceptors (Lipinski definition) is 5. The normalized spacial score (nSPS) is 10.7. The van der Waals surface area contributed by atoms with Gasteiger partial charge < -0.3 is 24.1 Å². The third kappa shape index (κ3) is 6.65. The second kappa shape index (κ2) is 10.8. The van der Waals surface area contributed by atoms with E-state index in [2.05, 4.69) is 15.9 Å².